The Bertz CT molecular complexity index is 993. The molecule has 0 aliphatic carbocycles. The zero-order valence-electron chi connectivity index (χ0n) is 14.4. The zero-order valence-corrected chi connectivity index (χ0v) is 15.9. The Hall–Kier alpha value is -2.30. The number of nitrogens with zero attached hydrogens (tertiary/aromatic N) is 3. The number of fused-ring (bicyclic) bond motifs is 1. The van der Waals surface area contributed by atoms with Crippen molar-refractivity contribution in [3.8, 4) is 16.9 Å². The van der Waals surface area contributed by atoms with Gasteiger partial charge in [-0.3, -0.25) is 4.79 Å². The largest absolute Gasteiger partial charge is 0.330 e. The Balaban J connectivity index is 1.95. The van der Waals surface area contributed by atoms with Crippen LogP contribution in [0.15, 0.2) is 48.5 Å². The molecule has 2 aromatic carbocycles. The van der Waals surface area contributed by atoms with Gasteiger partial charge in [0.15, 0.2) is 0 Å². The third kappa shape index (κ3) is 2.79. The molecule has 0 spiro atoms. The molecule has 4 rings (SSSR count). The molecule has 1 amide bonds. The first-order chi connectivity index (χ1) is 12.5. The first kappa shape index (κ1) is 17.1. The van der Waals surface area contributed by atoms with Crippen LogP contribution in [0.1, 0.15) is 29.9 Å². The number of aromatic nitrogens is 2. The summed E-state index contributed by atoms with van der Waals surface area (Å²) in [7, 11) is 0. The molecule has 0 saturated heterocycles. The van der Waals surface area contributed by atoms with Crippen LogP contribution >= 0.6 is 23.2 Å². The Kier molecular flexibility index (Phi) is 4.25. The predicted molar refractivity (Wildman–Crippen MR) is 104 cm³/mol. The normalized spacial score (nSPS) is 13.6. The Morgan fingerprint density at radius 1 is 1.04 bits per heavy atom. The van der Waals surface area contributed by atoms with Crippen LogP contribution in [0.4, 0.5) is 0 Å². The maximum atomic E-state index is 13.0. The van der Waals surface area contributed by atoms with Gasteiger partial charge in [0.1, 0.15) is 0 Å². The molecule has 26 heavy (non-hydrogen) atoms. The van der Waals surface area contributed by atoms with Gasteiger partial charge < -0.3 is 4.90 Å². The third-order valence-corrected chi connectivity index (χ3v) is 5.03. The number of carbonyl (C=O) groups excluding carboxylic acids is 1. The minimum Gasteiger partial charge on any atom is -0.330 e. The van der Waals surface area contributed by atoms with Gasteiger partial charge in [0, 0.05) is 21.7 Å². The van der Waals surface area contributed by atoms with Crippen LogP contribution in [0, 0.1) is 0 Å². The monoisotopic (exact) mass is 385 g/mol. The highest BCUT2D eigenvalue weighted by molar-refractivity contribution is 6.31. The van der Waals surface area contributed by atoms with E-state index >= 15 is 0 Å². The van der Waals surface area contributed by atoms with E-state index < -0.39 is 0 Å². The van der Waals surface area contributed by atoms with Crippen molar-refractivity contribution in [2.75, 3.05) is 0 Å². The molecule has 6 heteroatoms. The van der Waals surface area contributed by atoms with E-state index in [1.54, 1.807) is 4.68 Å². The summed E-state index contributed by atoms with van der Waals surface area (Å²) in [5, 5.41) is 6.01. The second-order valence-corrected chi connectivity index (χ2v) is 7.47. The summed E-state index contributed by atoms with van der Waals surface area (Å²) in [6.07, 6.45) is 0. The number of hydrogen-bond donors (Lipinski definition) is 0. The summed E-state index contributed by atoms with van der Waals surface area (Å²) in [4.78, 5) is 14.9. The van der Waals surface area contributed by atoms with Crippen molar-refractivity contribution in [2.24, 2.45) is 0 Å². The highest BCUT2D eigenvalue weighted by Gasteiger charge is 2.36. The molecule has 0 saturated carbocycles. The molecular weight excluding hydrogens is 369 g/mol. The lowest BCUT2D eigenvalue weighted by molar-refractivity contribution is 0.0729. The number of benzene rings is 2. The van der Waals surface area contributed by atoms with Crippen molar-refractivity contribution in [1.82, 2.24) is 14.7 Å². The molecule has 1 aromatic heterocycles. The fourth-order valence-corrected chi connectivity index (χ4v) is 3.57. The zero-order chi connectivity index (χ0) is 18.4. The van der Waals surface area contributed by atoms with Crippen molar-refractivity contribution in [3.05, 3.63) is 69.8 Å². The van der Waals surface area contributed by atoms with E-state index in [9.17, 15) is 4.79 Å². The molecule has 132 valence electrons. The van der Waals surface area contributed by atoms with Crippen molar-refractivity contribution >= 4 is 29.1 Å². The van der Waals surface area contributed by atoms with Gasteiger partial charge >= 0.3 is 0 Å². The van der Waals surface area contributed by atoms with Crippen LogP contribution in [-0.4, -0.2) is 26.6 Å². The average Bonchev–Trinajstić information content (AvgIpc) is 3.13. The SMILES string of the molecule is CC(C)N1Cc2nn(-c3cccc(Cl)c3)c(-c3ccc(Cl)cc3)c2C1=O. The summed E-state index contributed by atoms with van der Waals surface area (Å²) in [6.45, 7) is 4.54. The molecule has 0 radical (unpaired) electrons. The van der Waals surface area contributed by atoms with Crippen molar-refractivity contribution in [2.45, 2.75) is 26.4 Å². The minimum atomic E-state index is 0.00762. The molecule has 0 N–H and O–H groups in total. The van der Waals surface area contributed by atoms with Gasteiger partial charge in [-0.15, -0.1) is 0 Å². The maximum Gasteiger partial charge on any atom is 0.258 e. The number of hydrogen-bond acceptors (Lipinski definition) is 2. The van der Waals surface area contributed by atoms with E-state index in [0.29, 0.717) is 22.2 Å². The van der Waals surface area contributed by atoms with Crippen molar-refractivity contribution < 1.29 is 4.79 Å². The van der Waals surface area contributed by atoms with Gasteiger partial charge in [-0.2, -0.15) is 5.10 Å². The molecule has 0 unspecified atom stereocenters. The summed E-state index contributed by atoms with van der Waals surface area (Å²) in [6, 6.07) is 15.0. The van der Waals surface area contributed by atoms with E-state index in [1.807, 2.05) is 67.3 Å². The van der Waals surface area contributed by atoms with Gasteiger partial charge in [-0.1, -0.05) is 41.4 Å². The van der Waals surface area contributed by atoms with Gasteiger partial charge in [-0.05, 0) is 44.2 Å². The Morgan fingerprint density at radius 3 is 2.42 bits per heavy atom. The molecule has 1 aliphatic heterocycles. The predicted octanol–water partition coefficient (Wildman–Crippen LogP) is 5.21. The second-order valence-electron chi connectivity index (χ2n) is 6.60. The van der Waals surface area contributed by atoms with E-state index in [1.165, 1.54) is 0 Å². The third-order valence-electron chi connectivity index (χ3n) is 4.55. The van der Waals surface area contributed by atoms with E-state index in [-0.39, 0.29) is 11.9 Å². The molecule has 0 fully saturated rings. The first-order valence-electron chi connectivity index (χ1n) is 8.40. The number of carbonyl (C=O) groups is 1. The van der Waals surface area contributed by atoms with Gasteiger partial charge in [-0.25, -0.2) is 4.68 Å². The van der Waals surface area contributed by atoms with Crippen LogP contribution in [0.25, 0.3) is 16.9 Å². The lowest BCUT2D eigenvalue weighted by Gasteiger charge is -2.21. The highest BCUT2D eigenvalue weighted by atomic mass is 35.5. The van der Waals surface area contributed by atoms with Crippen LogP contribution in [0.2, 0.25) is 10.0 Å². The molecular formula is C20H17Cl2N3O. The number of amides is 1. The molecule has 4 nitrogen and oxygen atoms in total. The summed E-state index contributed by atoms with van der Waals surface area (Å²) in [5.74, 6) is 0.00762. The molecule has 3 aromatic rings. The van der Waals surface area contributed by atoms with E-state index in [0.717, 1.165) is 22.6 Å². The number of halogens is 2. The van der Waals surface area contributed by atoms with Gasteiger partial charge in [0.2, 0.25) is 0 Å². The highest BCUT2D eigenvalue weighted by Crippen LogP contribution is 2.36. The smallest absolute Gasteiger partial charge is 0.258 e. The van der Waals surface area contributed by atoms with Crippen LogP contribution in [0.5, 0.6) is 0 Å². The van der Waals surface area contributed by atoms with Crippen molar-refractivity contribution in [3.63, 3.8) is 0 Å². The minimum absolute atomic E-state index is 0.00762. The van der Waals surface area contributed by atoms with Gasteiger partial charge in [0.25, 0.3) is 5.91 Å². The Labute approximate surface area is 161 Å². The fraction of sp³-hybridized carbons (Fsp3) is 0.200. The van der Waals surface area contributed by atoms with Crippen molar-refractivity contribution in [1.29, 1.82) is 0 Å². The van der Waals surface area contributed by atoms with Gasteiger partial charge in [0.05, 0.1) is 29.2 Å². The fourth-order valence-electron chi connectivity index (χ4n) is 3.26. The summed E-state index contributed by atoms with van der Waals surface area (Å²) >= 11 is 12.2. The molecule has 1 aliphatic rings. The Morgan fingerprint density at radius 2 is 1.77 bits per heavy atom. The summed E-state index contributed by atoms with van der Waals surface area (Å²) < 4.78 is 1.80. The lowest BCUT2D eigenvalue weighted by Crippen LogP contribution is -2.31. The lowest BCUT2D eigenvalue weighted by atomic mass is 10.1. The van der Waals surface area contributed by atoms with E-state index in [2.05, 4.69) is 0 Å². The second kappa shape index (κ2) is 6.45. The van der Waals surface area contributed by atoms with E-state index in [4.69, 9.17) is 28.3 Å². The number of rotatable bonds is 3. The molecule has 2 heterocycles. The standard InChI is InChI=1S/C20H17Cl2N3O/c1-12(2)24-11-17-18(20(24)26)19(13-6-8-14(21)9-7-13)25(23-17)16-5-3-4-15(22)10-16/h3-10,12H,11H2,1-2H3. The molecule has 0 atom stereocenters. The average molecular weight is 386 g/mol. The van der Waals surface area contributed by atoms with Crippen LogP contribution < -0.4 is 0 Å². The topological polar surface area (TPSA) is 38.1 Å². The van der Waals surface area contributed by atoms with Crippen LogP contribution in [-0.2, 0) is 6.54 Å². The van der Waals surface area contributed by atoms with Crippen LogP contribution in [0.3, 0.4) is 0 Å². The molecule has 0 bridgehead atoms. The quantitative estimate of drug-likeness (QED) is 0.620. The maximum absolute atomic E-state index is 13.0. The first-order valence-corrected chi connectivity index (χ1v) is 9.16. The summed E-state index contributed by atoms with van der Waals surface area (Å²) in [5.41, 5.74) is 3.92.